The minimum Gasteiger partial charge on any atom is -0.353 e. The number of amides is 1. The van der Waals surface area contributed by atoms with Gasteiger partial charge in [0.25, 0.3) is 0 Å². The highest BCUT2D eigenvalue weighted by Gasteiger charge is 2.34. The smallest absolute Gasteiger partial charge is 0.243 e. The molecule has 1 aromatic carbocycles. The molecular formula is C20H28N6O3S. The van der Waals surface area contributed by atoms with Gasteiger partial charge in [-0.05, 0) is 66.3 Å². The molecule has 0 spiro atoms. The SMILES string of the molecule is C[C@H]1CCCC[C@@H]1NC(=O)[C@@H]1CCCN(S(=O)(=O)c2ccc(-n3cnnn3)cc2)C1. The topological polar surface area (TPSA) is 110 Å². The van der Waals surface area contributed by atoms with Crippen LogP contribution in [-0.4, -0.2) is 58.0 Å². The quantitative estimate of drug-likeness (QED) is 0.771. The lowest BCUT2D eigenvalue weighted by Gasteiger charge is -2.34. The van der Waals surface area contributed by atoms with Crippen molar-refractivity contribution in [2.75, 3.05) is 13.1 Å². The van der Waals surface area contributed by atoms with Crippen LogP contribution in [0.15, 0.2) is 35.5 Å². The van der Waals surface area contributed by atoms with E-state index in [1.165, 1.54) is 21.7 Å². The molecule has 1 N–H and O–H groups in total. The first-order valence-electron chi connectivity index (χ1n) is 10.6. The van der Waals surface area contributed by atoms with Crippen LogP contribution in [-0.2, 0) is 14.8 Å². The number of benzene rings is 1. The molecule has 1 saturated carbocycles. The molecule has 9 nitrogen and oxygen atoms in total. The molecule has 1 saturated heterocycles. The first-order chi connectivity index (χ1) is 14.4. The van der Waals surface area contributed by atoms with E-state index in [9.17, 15) is 13.2 Å². The summed E-state index contributed by atoms with van der Waals surface area (Å²) in [4.78, 5) is 13.1. The van der Waals surface area contributed by atoms with Crippen molar-refractivity contribution in [3.8, 4) is 5.69 Å². The van der Waals surface area contributed by atoms with Crippen LogP contribution in [0, 0.1) is 11.8 Å². The van der Waals surface area contributed by atoms with Gasteiger partial charge in [0.1, 0.15) is 6.33 Å². The van der Waals surface area contributed by atoms with Crippen molar-refractivity contribution in [1.29, 1.82) is 0 Å². The summed E-state index contributed by atoms with van der Waals surface area (Å²) in [6.07, 6.45) is 7.35. The van der Waals surface area contributed by atoms with Crippen molar-refractivity contribution >= 4 is 15.9 Å². The number of sulfonamides is 1. The highest BCUT2D eigenvalue weighted by molar-refractivity contribution is 7.89. The second-order valence-corrected chi connectivity index (χ2v) is 10.3. The van der Waals surface area contributed by atoms with Gasteiger partial charge in [-0.1, -0.05) is 19.8 Å². The number of aromatic nitrogens is 4. The predicted octanol–water partition coefficient (Wildman–Crippen LogP) is 1.76. The number of carbonyl (C=O) groups is 1. The molecule has 0 radical (unpaired) electrons. The first kappa shape index (κ1) is 20.9. The van der Waals surface area contributed by atoms with E-state index in [0.29, 0.717) is 24.6 Å². The Labute approximate surface area is 176 Å². The van der Waals surface area contributed by atoms with Crippen molar-refractivity contribution in [2.45, 2.75) is 56.4 Å². The third-order valence-corrected chi connectivity index (χ3v) is 8.16. The number of nitrogens with one attached hydrogen (secondary N) is 1. The lowest BCUT2D eigenvalue weighted by Crippen LogP contribution is -2.49. The zero-order chi connectivity index (χ0) is 21.1. The van der Waals surface area contributed by atoms with E-state index < -0.39 is 10.0 Å². The predicted molar refractivity (Wildman–Crippen MR) is 110 cm³/mol. The normalized spacial score (nSPS) is 25.7. The largest absolute Gasteiger partial charge is 0.353 e. The van der Waals surface area contributed by atoms with Gasteiger partial charge in [-0.2, -0.15) is 4.31 Å². The zero-order valence-electron chi connectivity index (χ0n) is 17.1. The van der Waals surface area contributed by atoms with Gasteiger partial charge in [0, 0.05) is 19.1 Å². The summed E-state index contributed by atoms with van der Waals surface area (Å²) in [6.45, 7) is 2.84. The molecule has 1 aliphatic carbocycles. The Hall–Kier alpha value is -2.33. The van der Waals surface area contributed by atoms with Gasteiger partial charge >= 0.3 is 0 Å². The van der Waals surface area contributed by atoms with Crippen LogP contribution >= 0.6 is 0 Å². The Morgan fingerprint density at radius 3 is 2.57 bits per heavy atom. The Balaban J connectivity index is 1.43. The molecular weight excluding hydrogens is 404 g/mol. The lowest BCUT2D eigenvalue weighted by molar-refractivity contribution is -0.127. The molecule has 0 unspecified atom stereocenters. The highest BCUT2D eigenvalue weighted by atomic mass is 32.2. The maximum absolute atomic E-state index is 13.1. The number of tetrazole rings is 1. The fourth-order valence-electron chi connectivity index (χ4n) is 4.41. The molecule has 1 aliphatic heterocycles. The van der Waals surface area contributed by atoms with Crippen molar-refractivity contribution in [3.05, 3.63) is 30.6 Å². The van der Waals surface area contributed by atoms with Crippen molar-refractivity contribution in [1.82, 2.24) is 29.8 Å². The summed E-state index contributed by atoms with van der Waals surface area (Å²) in [5.74, 6) is 0.163. The summed E-state index contributed by atoms with van der Waals surface area (Å²) in [5.41, 5.74) is 0.677. The van der Waals surface area contributed by atoms with Crippen LogP contribution in [0.3, 0.4) is 0 Å². The van der Waals surface area contributed by atoms with Gasteiger partial charge < -0.3 is 5.32 Å². The molecule has 3 atom stereocenters. The number of carbonyl (C=O) groups excluding carboxylic acids is 1. The summed E-state index contributed by atoms with van der Waals surface area (Å²) in [5, 5.41) is 14.2. The van der Waals surface area contributed by atoms with E-state index in [1.807, 2.05) is 0 Å². The van der Waals surface area contributed by atoms with Crippen LogP contribution in [0.25, 0.3) is 5.69 Å². The minimum absolute atomic E-state index is 0.0114. The fraction of sp³-hybridized carbons (Fsp3) is 0.600. The Kier molecular flexibility index (Phi) is 6.14. The molecule has 2 heterocycles. The molecule has 30 heavy (non-hydrogen) atoms. The van der Waals surface area contributed by atoms with Gasteiger partial charge in [-0.25, -0.2) is 13.1 Å². The molecule has 10 heteroatoms. The standard InChI is InChI=1S/C20H28N6O3S/c1-15-5-2-3-7-19(15)22-20(27)16-6-4-12-25(13-16)30(28,29)18-10-8-17(9-11-18)26-14-21-23-24-26/h8-11,14-16,19H,2-7,12-13H2,1H3,(H,22,27)/t15-,16+,19-/m0/s1. The van der Waals surface area contributed by atoms with Gasteiger partial charge in [0.2, 0.25) is 15.9 Å². The Morgan fingerprint density at radius 1 is 1.10 bits per heavy atom. The van der Waals surface area contributed by atoms with Crippen LogP contribution in [0.1, 0.15) is 45.4 Å². The highest BCUT2D eigenvalue weighted by Crippen LogP contribution is 2.27. The van der Waals surface area contributed by atoms with E-state index >= 15 is 0 Å². The van der Waals surface area contributed by atoms with Crippen LogP contribution in [0.4, 0.5) is 0 Å². The number of piperidine rings is 1. The Morgan fingerprint density at radius 2 is 1.87 bits per heavy atom. The first-order valence-corrected chi connectivity index (χ1v) is 12.0. The molecule has 1 aromatic heterocycles. The van der Waals surface area contributed by atoms with E-state index in [1.54, 1.807) is 24.3 Å². The number of hydrogen-bond acceptors (Lipinski definition) is 6. The number of hydrogen-bond donors (Lipinski definition) is 1. The lowest BCUT2D eigenvalue weighted by atomic mass is 9.85. The van der Waals surface area contributed by atoms with E-state index in [0.717, 1.165) is 25.7 Å². The molecule has 2 fully saturated rings. The maximum atomic E-state index is 13.1. The van der Waals surface area contributed by atoms with E-state index in [-0.39, 0.29) is 29.3 Å². The second kappa shape index (κ2) is 8.81. The maximum Gasteiger partial charge on any atom is 0.243 e. The van der Waals surface area contributed by atoms with E-state index in [2.05, 4.69) is 27.8 Å². The van der Waals surface area contributed by atoms with E-state index in [4.69, 9.17) is 0 Å². The van der Waals surface area contributed by atoms with Crippen LogP contribution < -0.4 is 5.32 Å². The summed E-state index contributed by atoms with van der Waals surface area (Å²) >= 11 is 0. The third kappa shape index (κ3) is 4.39. The molecule has 0 bridgehead atoms. The summed E-state index contributed by atoms with van der Waals surface area (Å²) in [7, 11) is -3.67. The molecule has 4 rings (SSSR count). The molecule has 162 valence electrons. The molecule has 1 amide bonds. The van der Waals surface area contributed by atoms with Gasteiger partial charge in [-0.3, -0.25) is 4.79 Å². The zero-order valence-corrected chi connectivity index (χ0v) is 18.0. The third-order valence-electron chi connectivity index (χ3n) is 6.28. The minimum atomic E-state index is -3.67. The monoisotopic (exact) mass is 432 g/mol. The summed E-state index contributed by atoms with van der Waals surface area (Å²) in [6, 6.07) is 6.65. The van der Waals surface area contributed by atoms with Crippen molar-refractivity contribution in [2.24, 2.45) is 11.8 Å². The average molecular weight is 433 g/mol. The van der Waals surface area contributed by atoms with Crippen molar-refractivity contribution in [3.63, 3.8) is 0 Å². The van der Waals surface area contributed by atoms with Gasteiger partial charge in [0.05, 0.1) is 16.5 Å². The second-order valence-electron chi connectivity index (χ2n) is 8.33. The van der Waals surface area contributed by atoms with Crippen molar-refractivity contribution < 1.29 is 13.2 Å². The van der Waals surface area contributed by atoms with Crippen LogP contribution in [0.5, 0.6) is 0 Å². The van der Waals surface area contributed by atoms with Gasteiger partial charge in [0.15, 0.2) is 0 Å². The van der Waals surface area contributed by atoms with Crippen LogP contribution in [0.2, 0.25) is 0 Å². The Bertz CT molecular complexity index is 961. The number of rotatable bonds is 5. The number of nitrogens with zero attached hydrogens (tertiary/aromatic N) is 5. The average Bonchev–Trinajstić information content (AvgIpc) is 3.30. The summed E-state index contributed by atoms with van der Waals surface area (Å²) < 4.78 is 29.2. The fourth-order valence-corrected chi connectivity index (χ4v) is 5.93. The molecule has 2 aliphatic rings. The molecule has 2 aromatic rings. The van der Waals surface area contributed by atoms with Gasteiger partial charge in [-0.15, -0.1) is 5.10 Å².